The SMILES string of the molecule is CNC(=O)CC1CCN(C(=O)C(N)C(C)O)CC1. The molecule has 2 unspecified atom stereocenters. The highest BCUT2D eigenvalue weighted by Gasteiger charge is 2.28. The first-order chi connectivity index (χ1) is 8.45. The second-order valence-electron chi connectivity index (χ2n) is 4.91. The van der Waals surface area contributed by atoms with E-state index in [0.717, 1.165) is 12.8 Å². The monoisotopic (exact) mass is 257 g/mol. The lowest BCUT2D eigenvalue weighted by molar-refractivity contribution is -0.136. The van der Waals surface area contributed by atoms with Crippen molar-refractivity contribution >= 4 is 11.8 Å². The molecular formula is C12H23N3O3. The first-order valence-corrected chi connectivity index (χ1v) is 6.38. The summed E-state index contributed by atoms with van der Waals surface area (Å²) >= 11 is 0. The number of nitrogens with zero attached hydrogens (tertiary/aromatic N) is 1. The maximum Gasteiger partial charge on any atom is 0.242 e. The molecule has 1 saturated heterocycles. The number of carbonyl (C=O) groups excluding carboxylic acids is 2. The summed E-state index contributed by atoms with van der Waals surface area (Å²) < 4.78 is 0. The van der Waals surface area contributed by atoms with Crippen LogP contribution in [0.15, 0.2) is 0 Å². The molecule has 0 aliphatic carbocycles. The molecule has 18 heavy (non-hydrogen) atoms. The lowest BCUT2D eigenvalue weighted by Crippen LogP contribution is -2.51. The Kier molecular flexibility index (Phi) is 5.55. The number of carbonyl (C=O) groups is 2. The third-order valence-corrected chi connectivity index (χ3v) is 3.48. The summed E-state index contributed by atoms with van der Waals surface area (Å²) in [6.45, 7) is 2.74. The highest BCUT2D eigenvalue weighted by Crippen LogP contribution is 2.20. The Hall–Kier alpha value is -1.14. The maximum absolute atomic E-state index is 11.9. The van der Waals surface area contributed by atoms with Crippen molar-refractivity contribution in [2.75, 3.05) is 20.1 Å². The van der Waals surface area contributed by atoms with Crippen molar-refractivity contribution in [1.82, 2.24) is 10.2 Å². The molecule has 1 aliphatic rings. The van der Waals surface area contributed by atoms with Crippen LogP contribution in [0.1, 0.15) is 26.2 Å². The summed E-state index contributed by atoms with van der Waals surface area (Å²) in [5, 5.41) is 11.9. The average Bonchev–Trinajstić information content (AvgIpc) is 2.37. The van der Waals surface area contributed by atoms with Crippen LogP contribution < -0.4 is 11.1 Å². The van der Waals surface area contributed by atoms with Gasteiger partial charge in [-0.3, -0.25) is 9.59 Å². The number of amides is 2. The predicted molar refractivity (Wildman–Crippen MR) is 67.6 cm³/mol. The van der Waals surface area contributed by atoms with Crippen LogP contribution in [0.3, 0.4) is 0 Å². The van der Waals surface area contributed by atoms with Gasteiger partial charge in [-0.1, -0.05) is 0 Å². The molecule has 104 valence electrons. The molecule has 1 heterocycles. The van der Waals surface area contributed by atoms with Crippen molar-refractivity contribution in [3.05, 3.63) is 0 Å². The molecule has 0 saturated carbocycles. The molecule has 1 aliphatic heterocycles. The fraction of sp³-hybridized carbons (Fsp3) is 0.833. The Balaban J connectivity index is 2.39. The molecule has 6 heteroatoms. The fourth-order valence-corrected chi connectivity index (χ4v) is 2.14. The van der Waals surface area contributed by atoms with E-state index in [0.29, 0.717) is 25.4 Å². The van der Waals surface area contributed by atoms with Gasteiger partial charge in [0.2, 0.25) is 11.8 Å². The van der Waals surface area contributed by atoms with Crippen LogP contribution in [0.2, 0.25) is 0 Å². The summed E-state index contributed by atoms with van der Waals surface area (Å²) in [5.41, 5.74) is 5.62. The molecule has 0 aromatic rings. The van der Waals surface area contributed by atoms with Gasteiger partial charge in [0, 0.05) is 26.6 Å². The minimum atomic E-state index is -0.847. The molecule has 0 aromatic carbocycles. The molecule has 0 radical (unpaired) electrons. The van der Waals surface area contributed by atoms with Gasteiger partial charge in [0.25, 0.3) is 0 Å². The van der Waals surface area contributed by atoms with Gasteiger partial charge in [-0.05, 0) is 25.7 Å². The van der Waals surface area contributed by atoms with E-state index in [2.05, 4.69) is 5.32 Å². The number of likely N-dealkylation sites (tertiary alicyclic amines) is 1. The van der Waals surface area contributed by atoms with Crippen molar-refractivity contribution in [2.45, 2.75) is 38.3 Å². The minimum absolute atomic E-state index is 0.0421. The highest BCUT2D eigenvalue weighted by molar-refractivity contribution is 5.82. The minimum Gasteiger partial charge on any atom is -0.391 e. The standard InChI is InChI=1S/C12H23N3O3/c1-8(16)11(13)12(18)15-5-3-9(4-6-15)7-10(17)14-2/h8-9,11,16H,3-7,13H2,1-2H3,(H,14,17). The van der Waals surface area contributed by atoms with Gasteiger partial charge in [-0.25, -0.2) is 0 Å². The summed E-state index contributed by atoms with van der Waals surface area (Å²) in [5.74, 6) is 0.167. The van der Waals surface area contributed by atoms with Gasteiger partial charge in [-0.2, -0.15) is 0 Å². The summed E-state index contributed by atoms with van der Waals surface area (Å²) in [6, 6.07) is -0.847. The number of piperidine rings is 1. The van der Waals surface area contributed by atoms with Crippen LogP contribution >= 0.6 is 0 Å². The predicted octanol–water partition coefficient (Wildman–Crippen LogP) is -0.931. The summed E-state index contributed by atoms with van der Waals surface area (Å²) in [7, 11) is 1.63. The number of nitrogens with one attached hydrogen (secondary N) is 1. The number of rotatable bonds is 4. The van der Waals surface area contributed by atoms with Crippen molar-refractivity contribution in [1.29, 1.82) is 0 Å². The number of aliphatic hydroxyl groups is 1. The maximum atomic E-state index is 11.9. The second kappa shape index (κ2) is 6.70. The van der Waals surface area contributed by atoms with E-state index in [1.54, 1.807) is 11.9 Å². The zero-order valence-electron chi connectivity index (χ0n) is 11.1. The molecule has 4 N–H and O–H groups in total. The highest BCUT2D eigenvalue weighted by atomic mass is 16.3. The summed E-state index contributed by atoms with van der Waals surface area (Å²) in [4.78, 5) is 24.8. The van der Waals surface area contributed by atoms with Gasteiger partial charge in [0.05, 0.1) is 6.10 Å². The zero-order valence-corrected chi connectivity index (χ0v) is 11.1. The second-order valence-corrected chi connectivity index (χ2v) is 4.91. The van der Waals surface area contributed by atoms with Crippen LogP contribution in [0.4, 0.5) is 0 Å². The molecule has 1 rings (SSSR count). The normalized spacial score (nSPS) is 20.3. The van der Waals surface area contributed by atoms with Gasteiger partial charge in [0.15, 0.2) is 0 Å². The van der Waals surface area contributed by atoms with Gasteiger partial charge >= 0.3 is 0 Å². The average molecular weight is 257 g/mol. The first-order valence-electron chi connectivity index (χ1n) is 6.38. The third-order valence-electron chi connectivity index (χ3n) is 3.48. The molecule has 2 amide bonds. The lowest BCUT2D eigenvalue weighted by atomic mass is 9.92. The topological polar surface area (TPSA) is 95.7 Å². The van der Waals surface area contributed by atoms with E-state index in [4.69, 9.17) is 5.73 Å². The van der Waals surface area contributed by atoms with E-state index < -0.39 is 12.1 Å². The van der Waals surface area contributed by atoms with Crippen LogP contribution in [0.5, 0.6) is 0 Å². The van der Waals surface area contributed by atoms with Crippen LogP contribution in [-0.2, 0) is 9.59 Å². The van der Waals surface area contributed by atoms with Gasteiger partial charge < -0.3 is 21.1 Å². The number of hydrogen-bond donors (Lipinski definition) is 3. The zero-order chi connectivity index (χ0) is 13.7. The Labute approximate surface area is 108 Å². The molecule has 0 spiro atoms. The lowest BCUT2D eigenvalue weighted by Gasteiger charge is -2.33. The van der Waals surface area contributed by atoms with Crippen LogP contribution in [0, 0.1) is 5.92 Å². The number of hydrogen-bond acceptors (Lipinski definition) is 4. The molecule has 0 bridgehead atoms. The molecular weight excluding hydrogens is 234 g/mol. The van der Waals surface area contributed by atoms with E-state index in [1.807, 2.05) is 0 Å². The van der Waals surface area contributed by atoms with Crippen LogP contribution in [0.25, 0.3) is 0 Å². The van der Waals surface area contributed by atoms with Crippen molar-refractivity contribution in [2.24, 2.45) is 11.7 Å². The van der Waals surface area contributed by atoms with Crippen molar-refractivity contribution in [3.8, 4) is 0 Å². The Morgan fingerprint density at radius 2 is 2.00 bits per heavy atom. The van der Waals surface area contributed by atoms with E-state index >= 15 is 0 Å². The van der Waals surface area contributed by atoms with Crippen molar-refractivity contribution < 1.29 is 14.7 Å². The van der Waals surface area contributed by atoms with E-state index in [1.165, 1.54) is 6.92 Å². The Morgan fingerprint density at radius 1 is 1.44 bits per heavy atom. The Morgan fingerprint density at radius 3 is 2.44 bits per heavy atom. The number of aliphatic hydroxyl groups excluding tert-OH is 1. The van der Waals surface area contributed by atoms with E-state index in [9.17, 15) is 14.7 Å². The fourth-order valence-electron chi connectivity index (χ4n) is 2.14. The molecule has 2 atom stereocenters. The molecule has 1 fully saturated rings. The number of nitrogens with two attached hydrogens (primary N) is 1. The molecule has 0 aromatic heterocycles. The first kappa shape index (κ1) is 14.9. The quantitative estimate of drug-likeness (QED) is 0.606. The Bertz CT molecular complexity index is 299. The third kappa shape index (κ3) is 3.96. The largest absolute Gasteiger partial charge is 0.391 e. The van der Waals surface area contributed by atoms with Crippen molar-refractivity contribution in [3.63, 3.8) is 0 Å². The van der Waals surface area contributed by atoms with Crippen LogP contribution in [-0.4, -0.2) is 54.1 Å². The van der Waals surface area contributed by atoms with Gasteiger partial charge in [-0.15, -0.1) is 0 Å². The van der Waals surface area contributed by atoms with Gasteiger partial charge in [0.1, 0.15) is 6.04 Å². The molecule has 6 nitrogen and oxygen atoms in total. The smallest absolute Gasteiger partial charge is 0.242 e. The van der Waals surface area contributed by atoms with E-state index in [-0.39, 0.29) is 11.8 Å². The summed E-state index contributed by atoms with van der Waals surface area (Å²) in [6.07, 6.45) is 1.30.